The van der Waals surface area contributed by atoms with Crippen LogP contribution in [-0.2, 0) is 0 Å². The van der Waals surface area contributed by atoms with Crippen molar-refractivity contribution in [2.75, 3.05) is 18.6 Å². The topological polar surface area (TPSA) is 29.1 Å². The molecule has 1 aromatic rings. The van der Waals surface area contributed by atoms with Crippen molar-refractivity contribution in [3.05, 3.63) is 34.1 Å². The molecule has 0 fully saturated rings. The van der Waals surface area contributed by atoms with E-state index < -0.39 is 5.82 Å². The van der Waals surface area contributed by atoms with Gasteiger partial charge in [-0.1, -0.05) is 15.9 Å². The highest BCUT2D eigenvalue weighted by molar-refractivity contribution is 9.10. The van der Waals surface area contributed by atoms with Gasteiger partial charge in [0.25, 0.3) is 5.91 Å². The third kappa shape index (κ3) is 3.83. The van der Waals surface area contributed by atoms with Gasteiger partial charge in [-0.05, 0) is 24.5 Å². The number of benzene rings is 1. The molecule has 5 heteroatoms. The lowest BCUT2D eigenvalue weighted by Crippen LogP contribution is -2.26. The Morgan fingerprint density at radius 2 is 2.33 bits per heavy atom. The molecule has 0 aromatic heterocycles. The van der Waals surface area contributed by atoms with Gasteiger partial charge in [0, 0.05) is 16.8 Å². The Balaban J connectivity index is 2.68. The molecule has 0 saturated carbocycles. The average molecular weight is 292 g/mol. The molecule has 0 radical (unpaired) electrons. The van der Waals surface area contributed by atoms with Crippen molar-refractivity contribution in [1.82, 2.24) is 5.32 Å². The van der Waals surface area contributed by atoms with Crippen molar-refractivity contribution in [3.63, 3.8) is 0 Å². The van der Waals surface area contributed by atoms with E-state index in [4.69, 9.17) is 0 Å². The molecule has 0 unspecified atom stereocenters. The molecular weight excluding hydrogens is 281 g/mol. The van der Waals surface area contributed by atoms with Crippen LogP contribution in [0.5, 0.6) is 0 Å². The fourth-order valence-corrected chi connectivity index (χ4v) is 1.70. The highest BCUT2D eigenvalue weighted by atomic mass is 79.9. The monoisotopic (exact) mass is 291 g/mol. The predicted molar refractivity (Wildman–Crippen MR) is 64.8 cm³/mol. The lowest BCUT2D eigenvalue weighted by Gasteiger charge is -2.05. The fraction of sp³-hybridized carbons (Fsp3) is 0.300. The first-order valence-electron chi connectivity index (χ1n) is 4.37. The van der Waals surface area contributed by atoms with Crippen LogP contribution in [0.25, 0.3) is 0 Å². The maximum atomic E-state index is 13.2. The van der Waals surface area contributed by atoms with Crippen molar-refractivity contribution in [2.45, 2.75) is 0 Å². The summed E-state index contributed by atoms with van der Waals surface area (Å²) >= 11 is 4.82. The molecule has 0 aliphatic heterocycles. The third-order valence-corrected chi connectivity index (χ3v) is 2.87. The van der Waals surface area contributed by atoms with Crippen LogP contribution in [0.2, 0.25) is 0 Å². The third-order valence-electron chi connectivity index (χ3n) is 1.76. The zero-order chi connectivity index (χ0) is 11.3. The standard InChI is InChI=1S/C10H11BrFNOS/c1-15-5-4-13-10(14)8-6-7(11)2-3-9(8)12/h2-3,6H,4-5H2,1H3,(H,13,14). The summed E-state index contributed by atoms with van der Waals surface area (Å²) in [6.45, 7) is 0.548. The Hall–Kier alpha value is -0.550. The van der Waals surface area contributed by atoms with Crippen LogP contribution in [0.4, 0.5) is 4.39 Å². The maximum absolute atomic E-state index is 13.2. The number of nitrogens with one attached hydrogen (secondary N) is 1. The first-order valence-corrected chi connectivity index (χ1v) is 6.56. The highest BCUT2D eigenvalue weighted by Gasteiger charge is 2.10. The van der Waals surface area contributed by atoms with E-state index in [2.05, 4.69) is 21.2 Å². The van der Waals surface area contributed by atoms with E-state index in [9.17, 15) is 9.18 Å². The second-order valence-corrected chi connectivity index (χ2v) is 4.77. The van der Waals surface area contributed by atoms with Crippen molar-refractivity contribution < 1.29 is 9.18 Å². The first-order chi connectivity index (χ1) is 7.15. The molecule has 1 N–H and O–H groups in total. The summed E-state index contributed by atoms with van der Waals surface area (Å²) in [5.41, 5.74) is 0.0745. The van der Waals surface area contributed by atoms with Crippen LogP contribution in [-0.4, -0.2) is 24.5 Å². The van der Waals surface area contributed by atoms with Crippen LogP contribution < -0.4 is 5.32 Å². The second-order valence-electron chi connectivity index (χ2n) is 2.87. The number of thioether (sulfide) groups is 1. The van der Waals surface area contributed by atoms with Crippen molar-refractivity contribution in [3.8, 4) is 0 Å². The quantitative estimate of drug-likeness (QED) is 0.864. The summed E-state index contributed by atoms with van der Waals surface area (Å²) in [7, 11) is 0. The summed E-state index contributed by atoms with van der Waals surface area (Å²) in [5, 5.41) is 2.65. The molecule has 2 nitrogen and oxygen atoms in total. The SMILES string of the molecule is CSCCNC(=O)c1cc(Br)ccc1F. The van der Waals surface area contributed by atoms with E-state index in [-0.39, 0.29) is 11.5 Å². The van der Waals surface area contributed by atoms with Crippen LogP contribution in [0.1, 0.15) is 10.4 Å². The number of carbonyl (C=O) groups is 1. The van der Waals surface area contributed by atoms with E-state index >= 15 is 0 Å². The second kappa shape index (κ2) is 6.12. The minimum atomic E-state index is -0.500. The number of carbonyl (C=O) groups excluding carboxylic acids is 1. The number of amides is 1. The van der Waals surface area contributed by atoms with E-state index in [0.29, 0.717) is 11.0 Å². The van der Waals surface area contributed by atoms with E-state index in [1.54, 1.807) is 17.8 Å². The summed E-state index contributed by atoms with van der Waals surface area (Å²) in [6.07, 6.45) is 1.95. The van der Waals surface area contributed by atoms with Gasteiger partial charge in [0.1, 0.15) is 5.82 Å². The fourth-order valence-electron chi connectivity index (χ4n) is 1.03. The summed E-state index contributed by atoms with van der Waals surface area (Å²) in [4.78, 5) is 11.5. The number of hydrogen-bond donors (Lipinski definition) is 1. The van der Waals surface area contributed by atoms with Gasteiger partial charge in [0.05, 0.1) is 5.56 Å². The molecule has 0 saturated heterocycles. The Morgan fingerprint density at radius 1 is 1.60 bits per heavy atom. The van der Waals surface area contributed by atoms with Gasteiger partial charge in [0.15, 0.2) is 0 Å². The molecule has 0 aliphatic rings. The Bertz CT molecular complexity index is 359. The van der Waals surface area contributed by atoms with Crippen LogP contribution in [0.15, 0.2) is 22.7 Å². The normalized spacial score (nSPS) is 10.1. The van der Waals surface area contributed by atoms with E-state index in [0.717, 1.165) is 5.75 Å². The highest BCUT2D eigenvalue weighted by Crippen LogP contribution is 2.15. The summed E-state index contributed by atoms with van der Waals surface area (Å²) in [5.74, 6) is -0.0517. The first kappa shape index (κ1) is 12.5. The molecule has 1 rings (SSSR count). The van der Waals surface area contributed by atoms with Gasteiger partial charge < -0.3 is 5.32 Å². The lowest BCUT2D eigenvalue weighted by molar-refractivity contribution is 0.0952. The van der Waals surface area contributed by atoms with Crippen LogP contribution in [0.3, 0.4) is 0 Å². The van der Waals surface area contributed by atoms with Gasteiger partial charge in [-0.15, -0.1) is 0 Å². The van der Waals surface area contributed by atoms with Crippen molar-refractivity contribution in [1.29, 1.82) is 0 Å². The van der Waals surface area contributed by atoms with Gasteiger partial charge in [0.2, 0.25) is 0 Å². The van der Waals surface area contributed by atoms with Gasteiger partial charge >= 0.3 is 0 Å². The van der Waals surface area contributed by atoms with Gasteiger partial charge in [-0.2, -0.15) is 11.8 Å². The molecule has 0 atom stereocenters. The molecule has 1 aromatic carbocycles. The average Bonchev–Trinajstić information content (AvgIpc) is 2.22. The van der Waals surface area contributed by atoms with E-state index in [1.165, 1.54) is 12.1 Å². The number of rotatable bonds is 4. The molecule has 0 spiro atoms. The maximum Gasteiger partial charge on any atom is 0.254 e. The number of halogens is 2. The molecule has 82 valence electrons. The lowest BCUT2D eigenvalue weighted by atomic mass is 10.2. The van der Waals surface area contributed by atoms with Gasteiger partial charge in [-0.3, -0.25) is 4.79 Å². The zero-order valence-corrected chi connectivity index (χ0v) is 10.6. The number of hydrogen-bond acceptors (Lipinski definition) is 2. The Kier molecular flexibility index (Phi) is 5.11. The molecule has 15 heavy (non-hydrogen) atoms. The minimum absolute atomic E-state index is 0.0745. The van der Waals surface area contributed by atoms with Crippen LogP contribution in [0, 0.1) is 5.82 Å². The Morgan fingerprint density at radius 3 is 3.00 bits per heavy atom. The van der Waals surface area contributed by atoms with Crippen LogP contribution >= 0.6 is 27.7 Å². The molecule has 0 aliphatic carbocycles. The molecule has 1 amide bonds. The van der Waals surface area contributed by atoms with Crippen molar-refractivity contribution >= 4 is 33.6 Å². The smallest absolute Gasteiger partial charge is 0.254 e. The van der Waals surface area contributed by atoms with Gasteiger partial charge in [-0.25, -0.2) is 4.39 Å². The Labute approximate surface area is 101 Å². The summed E-state index contributed by atoms with van der Waals surface area (Å²) in [6, 6.07) is 4.31. The van der Waals surface area contributed by atoms with E-state index in [1.807, 2.05) is 6.26 Å². The zero-order valence-electron chi connectivity index (χ0n) is 8.22. The predicted octanol–water partition coefficient (Wildman–Crippen LogP) is 2.68. The minimum Gasteiger partial charge on any atom is -0.351 e. The summed E-state index contributed by atoms with van der Waals surface area (Å²) < 4.78 is 13.9. The largest absolute Gasteiger partial charge is 0.351 e. The molecule has 0 heterocycles. The molecule has 0 bridgehead atoms. The van der Waals surface area contributed by atoms with Crippen molar-refractivity contribution in [2.24, 2.45) is 0 Å². The molecular formula is C10H11BrFNOS.